The molecule has 0 N–H and O–H groups in total. The first-order valence-corrected chi connectivity index (χ1v) is 11.3. The highest BCUT2D eigenvalue weighted by molar-refractivity contribution is 5.94. The van der Waals surface area contributed by atoms with Crippen LogP contribution in [0.4, 0.5) is 0 Å². The third-order valence-electron chi connectivity index (χ3n) is 6.25. The van der Waals surface area contributed by atoms with E-state index in [1.54, 1.807) is 19.4 Å². The highest BCUT2D eigenvalue weighted by Crippen LogP contribution is 2.41. The number of Topliss-reactive ketones (excluding diaryl/α,β-unsaturated/α-hetero) is 1. The van der Waals surface area contributed by atoms with Gasteiger partial charge in [0.05, 0.1) is 30.5 Å². The van der Waals surface area contributed by atoms with Crippen molar-refractivity contribution in [2.24, 2.45) is 0 Å². The number of benzene rings is 2. The number of pyridine rings is 1. The topological polar surface area (TPSA) is 64.7 Å². The molecular formula is C28H26N2O4. The Morgan fingerprint density at radius 2 is 1.74 bits per heavy atom. The monoisotopic (exact) mass is 454 g/mol. The van der Waals surface area contributed by atoms with Crippen LogP contribution in [0.2, 0.25) is 0 Å². The van der Waals surface area contributed by atoms with Crippen LogP contribution in [0.25, 0.3) is 33.9 Å². The van der Waals surface area contributed by atoms with E-state index in [2.05, 4.69) is 24.9 Å². The Kier molecular flexibility index (Phi) is 5.36. The number of fused-ring (bicyclic) bond motifs is 3. The molecule has 0 unspecified atom stereocenters. The summed E-state index contributed by atoms with van der Waals surface area (Å²) in [6.07, 6.45) is 1.65. The minimum absolute atomic E-state index is 0.146. The number of furan rings is 1. The molecule has 34 heavy (non-hydrogen) atoms. The smallest absolute Gasteiger partial charge is 0.193 e. The van der Waals surface area contributed by atoms with Crippen LogP contribution in [-0.4, -0.2) is 23.6 Å². The zero-order valence-electron chi connectivity index (χ0n) is 19.7. The van der Waals surface area contributed by atoms with E-state index in [4.69, 9.17) is 9.15 Å². The summed E-state index contributed by atoms with van der Waals surface area (Å²) < 4.78 is 13.9. The molecule has 1 aliphatic rings. The average molecular weight is 455 g/mol. The Hall–Kier alpha value is -4.06. The molecular weight excluding hydrogens is 428 g/mol. The van der Waals surface area contributed by atoms with Crippen LogP contribution in [0.3, 0.4) is 0 Å². The van der Waals surface area contributed by atoms with E-state index >= 15 is 0 Å². The van der Waals surface area contributed by atoms with Crippen LogP contribution in [0.15, 0.2) is 76.1 Å². The number of hydrogen-bond donors (Lipinski definition) is 0. The molecule has 3 heterocycles. The first kappa shape index (κ1) is 21.8. The molecule has 0 bridgehead atoms. The molecule has 0 atom stereocenters. The lowest BCUT2D eigenvalue weighted by Crippen LogP contribution is -2.44. The van der Waals surface area contributed by atoms with Crippen LogP contribution in [-0.2, 0) is 6.54 Å². The van der Waals surface area contributed by atoms with Crippen molar-refractivity contribution < 1.29 is 13.9 Å². The molecule has 0 amide bonds. The van der Waals surface area contributed by atoms with Gasteiger partial charge in [-0.1, -0.05) is 30.3 Å². The maximum Gasteiger partial charge on any atom is 0.193 e. The van der Waals surface area contributed by atoms with E-state index in [1.165, 1.54) is 6.92 Å². The van der Waals surface area contributed by atoms with Crippen molar-refractivity contribution in [3.63, 3.8) is 0 Å². The molecule has 4 aromatic rings. The van der Waals surface area contributed by atoms with Crippen LogP contribution >= 0.6 is 0 Å². The quantitative estimate of drug-likeness (QED) is 0.372. The Labute approximate surface area is 198 Å². The Morgan fingerprint density at radius 1 is 1.00 bits per heavy atom. The summed E-state index contributed by atoms with van der Waals surface area (Å²) in [5, 5.41) is 2.14. The summed E-state index contributed by atoms with van der Waals surface area (Å²) in [5.41, 5.74) is 4.45. The average Bonchev–Trinajstić information content (AvgIpc) is 3.33. The maximum absolute atomic E-state index is 12.7. The van der Waals surface area contributed by atoms with Gasteiger partial charge in [0.15, 0.2) is 11.2 Å². The molecule has 1 aliphatic heterocycles. The van der Waals surface area contributed by atoms with Crippen molar-refractivity contribution >= 4 is 5.78 Å². The van der Waals surface area contributed by atoms with Gasteiger partial charge in [0, 0.05) is 29.4 Å². The van der Waals surface area contributed by atoms with Gasteiger partial charge in [-0.25, -0.2) is 0 Å². The van der Waals surface area contributed by atoms with Crippen LogP contribution in [0.5, 0.6) is 5.75 Å². The van der Waals surface area contributed by atoms with Gasteiger partial charge in [0.2, 0.25) is 0 Å². The van der Waals surface area contributed by atoms with Gasteiger partial charge in [-0.15, -0.1) is 0 Å². The normalized spacial score (nSPS) is 12.4. The zero-order valence-corrected chi connectivity index (χ0v) is 19.7. The van der Waals surface area contributed by atoms with Crippen LogP contribution in [0.1, 0.15) is 36.7 Å². The van der Waals surface area contributed by atoms with Crippen molar-refractivity contribution in [2.75, 3.05) is 12.1 Å². The zero-order chi connectivity index (χ0) is 24.0. The number of ether oxygens (including phenoxy) is 1. The lowest BCUT2D eigenvalue weighted by molar-refractivity contribution is 0.101. The third-order valence-corrected chi connectivity index (χ3v) is 6.25. The fraction of sp³-hybridized carbons (Fsp3) is 0.214. The first-order chi connectivity index (χ1) is 16.4. The fourth-order valence-electron chi connectivity index (χ4n) is 4.48. The molecule has 2 aromatic heterocycles. The summed E-state index contributed by atoms with van der Waals surface area (Å²) in [7, 11) is 1.63. The molecule has 6 heteroatoms. The van der Waals surface area contributed by atoms with Gasteiger partial charge in [0.25, 0.3) is 0 Å². The lowest BCUT2D eigenvalue weighted by atomic mass is 9.96. The molecule has 0 fully saturated rings. The van der Waals surface area contributed by atoms with Crippen molar-refractivity contribution in [3.8, 4) is 39.7 Å². The molecule has 172 valence electrons. The fourth-order valence-corrected chi connectivity index (χ4v) is 4.48. The minimum Gasteiger partial charge on any atom is -0.496 e. The minimum atomic E-state index is -0.281. The Balaban J connectivity index is 1.67. The first-order valence-electron chi connectivity index (χ1n) is 11.3. The molecule has 0 radical (unpaired) electrons. The van der Waals surface area contributed by atoms with Crippen molar-refractivity contribution in [3.05, 3.63) is 88.2 Å². The van der Waals surface area contributed by atoms with E-state index in [9.17, 15) is 9.59 Å². The molecule has 0 aliphatic carbocycles. The molecule has 6 nitrogen and oxygen atoms in total. The van der Waals surface area contributed by atoms with Gasteiger partial charge in [-0.2, -0.15) is 0 Å². The van der Waals surface area contributed by atoms with Crippen LogP contribution in [0, 0.1) is 0 Å². The lowest BCUT2D eigenvalue weighted by Gasteiger charge is -2.38. The largest absolute Gasteiger partial charge is 0.496 e. The van der Waals surface area contributed by atoms with Crippen molar-refractivity contribution in [1.29, 1.82) is 0 Å². The van der Waals surface area contributed by atoms with E-state index in [-0.39, 0.29) is 22.8 Å². The SMILES string of the molecule is COc1cc2c(cc1-c1ccc(-c3ccccc3)o1)CN(C(C)C)n1cc(C(C)=O)c(=O)cc1-2. The van der Waals surface area contributed by atoms with Gasteiger partial charge >= 0.3 is 0 Å². The molecule has 5 rings (SSSR count). The number of methoxy groups -OCH3 is 1. The van der Waals surface area contributed by atoms with Gasteiger partial charge in [-0.05, 0) is 50.6 Å². The maximum atomic E-state index is 12.7. The van der Waals surface area contributed by atoms with E-state index in [1.807, 2.05) is 53.2 Å². The number of nitrogens with zero attached hydrogens (tertiary/aromatic N) is 2. The molecule has 0 saturated heterocycles. The number of rotatable bonds is 5. The summed E-state index contributed by atoms with van der Waals surface area (Å²) in [4.78, 5) is 24.7. The summed E-state index contributed by atoms with van der Waals surface area (Å²) >= 11 is 0. The third kappa shape index (κ3) is 3.61. The van der Waals surface area contributed by atoms with Crippen molar-refractivity contribution in [1.82, 2.24) is 4.68 Å². The van der Waals surface area contributed by atoms with Gasteiger partial charge in [-0.3, -0.25) is 14.3 Å². The molecule has 0 spiro atoms. The Bertz CT molecular complexity index is 1450. The van der Waals surface area contributed by atoms with Crippen LogP contribution < -0.4 is 15.2 Å². The number of carbonyl (C=O) groups is 1. The highest BCUT2D eigenvalue weighted by atomic mass is 16.5. The molecule has 0 saturated carbocycles. The summed E-state index contributed by atoms with van der Waals surface area (Å²) in [6, 6.07) is 19.6. The number of aromatic nitrogens is 1. The molecule has 2 aromatic carbocycles. The van der Waals surface area contributed by atoms with Gasteiger partial charge < -0.3 is 14.2 Å². The number of ketones is 1. The number of hydrogen-bond acceptors (Lipinski definition) is 5. The Morgan fingerprint density at radius 3 is 2.41 bits per heavy atom. The predicted molar refractivity (Wildman–Crippen MR) is 133 cm³/mol. The van der Waals surface area contributed by atoms with E-state index in [0.29, 0.717) is 18.1 Å². The number of carbonyl (C=O) groups excluding carboxylic acids is 1. The van der Waals surface area contributed by atoms with E-state index in [0.717, 1.165) is 33.7 Å². The standard InChI is InChI=1S/C28H26N2O4/c1-17(2)29-15-20-12-22(27-11-10-26(34-27)19-8-6-5-7-9-19)28(33-4)13-21(20)24-14-25(32)23(18(3)31)16-30(24)29/h5-14,16-17H,15H2,1-4H3. The highest BCUT2D eigenvalue weighted by Gasteiger charge is 2.27. The second-order valence-corrected chi connectivity index (χ2v) is 8.77. The summed E-state index contributed by atoms with van der Waals surface area (Å²) in [5.74, 6) is 1.91. The summed E-state index contributed by atoms with van der Waals surface area (Å²) in [6.45, 7) is 6.21. The second-order valence-electron chi connectivity index (χ2n) is 8.77. The van der Waals surface area contributed by atoms with E-state index < -0.39 is 0 Å². The second kappa shape index (κ2) is 8.37. The van der Waals surface area contributed by atoms with Gasteiger partial charge in [0.1, 0.15) is 17.3 Å². The predicted octanol–water partition coefficient (Wildman–Crippen LogP) is 5.51. The van der Waals surface area contributed by atoms with Crippen molar-refractivity contribution in [2.45, 2.75) is 33.4 Å².